The molecule has 0 saturated heterocycles. The summed E-state index contributed by atoms with van der Waals surface area (Å²) in [6.07, 6.45) is 1.94. The van der Waals surface area contributed by atoms with Gasteiger partial charge in [-0.2, -0.15) is 5.21 Å². The first-order valence-corrected chi connectivity index (χ1v) is 8.43. The number of nitrogens with one attached hydrogen (secondary N) is 1. The van der Waals surface area contributed by atoms with Gasteiger partial charge in [-0.15, -0.1) is 10.2 Å². The summed E-state index contributed by atoms with van der Waals surface area (Å²) in [6.45, 7) is 0. The monoisotopic (exact) mass is 373 g/mol. The highest BCUT2D eigenvalue weighted by Gasteiger charge is 2.14. The highest BCUT2D eigenvalue weighted by atomic mass is 16.6. The van der Waals surface area contributed by atoms with Crippen LogP contribution in [0.5, 0.6) is 5.75 Å². The molecule has 28 heavy (non-hydrogen) atoms. The number of hydrogen-bond acceptors (Lipinski definition) is 6. The van der Waals surface area contributed by atoms with Crippen LogP contribution in [0.1, 0.15) is 17.0 Å². The molecule has 0 bridgehead atoms. The molecule has 0 spiro atoms. The Morgan fingerprint density at radius 2 is 1.82 bits per heavy atom. The average molecular weight is 373 g/mol. The molecule has 1 aromatic heterocycles. The predicted octanol–water partition coefficient (Wildman–Crippen LogP) is 3.86. The minimum atomic E-state index is -0.432. The Morgan fingerprint density at radius 1 is 1.07 bits per heavy atom. The van der Waals surface area contributed by atoms with Crippen LogP contribution in [0.15, 0.2) is 60.7 Å². The van der Waals surface area contributed by atoms with Gasteiger partial charge in [0.15, 0.2) is 0 Å². The van der Waals surface area contributed by atoms with E-state index in [0.717, 1.165) is 27.6 Å². The summed E-state index contributed by atoms with van der Waals surface area (Å²) in [5.74, 6) is 1.18. The van der Waals surface area contributed by atoms with Crippen LogP contribution in [0.2, 0.25) is 0 Å². The molecule has 0 fully saturated rings. The number of benzene rings is 3. The standard InChI is InChI=1S/C20H15N5O3/c1-28-19-11-8-14(16-4-2-3-5-17(16)19)12-18(20-21-23-24-22-20)13-6-9-15(10-7-13)25(26)27/h2-12H,1H3,(H,21,22,23,24)/b18-12-. The SMILES string of the molecule is COc1ccc(/C=C(/c2ccc([N+](=O)[O-])cc2)c2nn[nH]n2)c2ccccc12. The fourth-order valence-corrected chi connectivity index (χ4v) is 3.07. The second-order valence-corrected chi connectivity index (χ2v) is 6.00. The summed E-state index contributed by atoms with van der Waals surface area (Å²) in [7, 11) is 1.64. The molecule has 0 amide bonds. The van der Waals surface area contributed by atoms with Crippen molar-refractivity contribution in [3.05, 3.63) is 87.7 Å². The molecule has 3 aromatic carbocycles. The number of aromatic nitrogens is 4. The first-order chi connectivity index (χ1) is 13.7. The fraction of sp³-hybridized carbons (Fsp3) is 0.0500. The molecule has 0 radical (unpaired) electrons. The van der Waals surface area contributed by atoms with Crippen LogP contribution in [0, 0.1) is 10.1 Å². The first-order valence-electron chi connectivity index (χ1n) is 8.43. The van der Waals surface area contributed by atoms with Crippen molar-refractivity contribution in [1.29, 1.82) is 0 Å². The summed E-state index contributed by atoms with van der Waals surface area (Å²) in [5.41, 5.74) is 2.39. The van der Waals surface area contributed by atoms with E-state index in [4.69, 9.17) is 4.74 Å². The summed E-state index contributed by atoms with van der Waals surface area (Å²) in [6, 6.07) is 18.0. The third-order valence-corrected chi connectivity index (χ3v) is 4.41. The minimum Gasteiger partial charge on any atom is -0.496 e. The van der Waals surface area contributed by atoms with Crippen LogP contribution in [0.25, 0.3) is 22.4 Å². The van der Waals surface area contributed by atoms with Crippen LogP contribution in [0.3, 0.4) is 0 Å². The van der Waals surface area contributed by atoms with E-state index in [0.29, 0.717) is 11.4 Å². The lowest BCUT2D eigenvalue weighted by Crippen LogP contribution is -1.94. The Morgan fingerprint density at radius 3 is 2.46 bits per heavy atom. The molecular weight excluding hydrogens is 358 g/mol. The molecular formula is C20H15N5O3. The number of methoxy groups -OCH3 is 1. The van der Waals surface area contributed by atoms with Gasteiger partial charge < -0.3 is 4.74 Å². The maximum Gasteiger partial charge on any atom is 0.269 e. The molecule has 0 atom stereocenters. The van der Waals surface area contributed by atoms with Crippen molar-refractivity contribution in [2.45, 2.75) is 0 Å². The normalized spacial score (nSPS) is 11.5. The quantitative estimate of drug-likeness (QED) is 0.323. The molecule has 4 aromatic rings. The fourth-order valence-electron chi connectivity index (χ4n) is 3.07. The molecule has 138 valence electrons. The van der Waals surface area contributed by atoms with Gasteiger partial charge in [0.1, 0.15) is 5.75 Å². The highest BCUT2D eigenvalue weighted by molar-refractivity contribution is 6.00. The second kappa shape index (κ2) is 7.28. The topological polar surface area (TPSA) is 107 Å². The zero-order chi connectivity index (χ0) is 19.5. The molecule has 0 saturated carbocycles. The van der Waals surface area contributed by atoms with Crippen LogP contribution in [0.4, 0.5) is 5.69 Å². The van der Waals surface area contributed by atoms with Gasteiger partial charge in [-0.3, -0.25) is 10.1 Å². The molecule has 1 N–H and O–H groups in total. The highest BCUT2D eigenvalue weighted by Crippen LogP contribution is 2.32. The Kier molecular flexibility index (Phi) is 4.51. The number of tetrazole rings is 1. The Bertz CT molecular complexity index is 1170. The van der Waals surface area contributed by atoms with Gasteiger partial charge in [-0.05, 0) is 46.0 Å². The van der Waals surface area contributed by atoms with Crippen molar-refractivity contribution in [1.82, 2.24) is 20.6 Å². The van der Waals surface area contributed by atoms with Crippen molar-refractivity contribution >= 4 is 28.1 Å². The molecule has 0 aliphatic rings. The van der Waals surface area contributed by atoms with Gasteiger partial charge in [-0.1, -0.05) is 30.3 Å². The number of H-pyrrole nitrogens is 1. The lowest BCUT2D eigenvalue weighted by atomic mass is 9.98. The smallest absolute Gasteiger partial charge is 0.269 e. The van der Waals surface area contributed by atoms with Gasteiger partial charge in [0.05, 0.1) is 12.0 Å². The maximum absolute atomic E-state index is 10.9. The van der Waals surface area contributed by atoms with Crippen LogP contribution < -0.4 is 4.74 Å². The molecule has 1 heterocycles. The summed E-state index contributed by atoms with van der Waals surface area (Å²) >= 11 is 0. The Hall–Kier alpha value is -4.07. The number of aromatic amines is 1. The number of rotatable bonds is 5. The Balaban J connectivity index is 1.90. The van der Waals surface area contributed by atoms with E-state index in [-0.39, 0.29) is 5.69 Å². The van der Waals surface area contributed by atoms with E-state index < -0.39 is 4.92 Å². The van der Waals surface area contributed by atoms with E-state index in [1.54, 1.807) is 19.2 Å². The van der Waals surface area contributed by atoms with E-state index in [2.05, 4.69) is 20.6 Å². The van der Waals surface area contributed by atoms with E-state index in [1.165, 1.54) is 12.1 Å². The molecule has 8 nitrogen and oxygen atoms in total. The van der Waals surface area contributed by atoms with E-state index >= 15 is 0 Å². The van der Waals surface area contributed by atoms with E-state index in [9.17, 15) is 10.1 Å². The number of hydrogen-bond donors (Lipinski definition) is 1. The summed E-state index contributed by atoms with van der Waals surface area (Å²) in [4.78, 5) is 10.5. The number of nitrogens with zero attached hydrogens (tertiary/aromatic N) is 4. The molecule has 4 rings (SSSR count). The third kappa shape index (κ3) is 3.18. The molecule has 0 aliphatic heterocycles. The van der Waals surface area contributed by atoms with Crippen LogP contribution in [-0.2, 0) is 0 Å². The zero-order valence-corrected chi connectivity index (χ0v) is 14.9. The lowest BCUT2D eigenvalue weighted by Gasteiger charge is -2.10. The van der Waals surface area contributed by atoms with Gasteiger partial charge in [-0.25, -0.2) is 0 Å². The maximum atomic E-state index is 10.9. The number of nitro benzene ring substituents is 1. The van der Waals surface area contributed by atoms with Gasteiger partial charge in [0.25, 0.3) is 5.69 Å². The number of fused-ring (bicyclic) bond motifs is 1. The van der Waals surface area contributed by atoms with Crippen molar-refractivity contribution in [2.24, 2.45) is 0 Å². The summed E-state index contributed by atoms with van der Waals surface area (Å²) in [5, 5.41) is 27.2. The first kappa shape index (κ1) is 17.3. The summed E-state index contributed by atoms with van der Waals surface area (Å²) < 4.78 is 5.46. The Labute approximate surface area is 159 Å². The number of nitro groups is 1. The molecule has 8 heteroatoms. The lowest BCUT2D eigenvalue weighted by molar-refractivity contribution is -0.384. The van der Waals surface area contributed by atoms with Gasteiger partial charge in [0, 0.05) is 23.1 Å². The van der Waals surface area contributed by atoms with Crippen LogP contribution >= 0.6 is 0 Å². The van der Waals surface area contributed by atoms with Gasteiger partial charge >= 0.3 is 0 Å². The van der Waals surface area contributed by atoms with E-state index in [1.807, 2.05) is 42.5 Å². The van der Waals surface area contributed by atoms with Gasteiger partial charge in [0.2, 0.25) is 5.82 Å². The largest absolute Gasteiger partial charge is 0.496 e. The average Bonchev–Trinajstić information content (AvgIpc) is 3.26. The van der Waals surface area contributed by atoms with Crippen LogP contribution in [-0.4, -0.2) is 32.7 Å². The molecule has 0 unspecified atom stereocenters. The number of ether oxygens (including phenoxy) is 1. The minimum absolute atomic E-state index is 0.0195. The molecule has 0 aliphatic carbocycles. The van der Waals surface area contributed by atoms with Crippen molar-refractivity contribution in [3.63, 3.8) is 0 Å². The van der Waals surface area contributed by atoms with Crippen molar-refractivity contribution < 1.29 is 9.66 Å². The second-order valence-electron chi connectivity index (χ2n) is 6.00. The van der Waals surface area contributed by atoms with Crippen molar-refractivity contribution in [2.75, 3.05) is 7.11 Å². The van der Waals surface area contributed by atoms with Crippen molar-refractivity contribution in [3.8, 4) is 5.75 Å². The number of non-ortho nitro benzene ring substituents is 1. The third-order valence-electron chi connectivity index (χ3n) is 4.41. The predicted molar refractivity (Wildman–Crippen MR) is 105 cm³/mol. The zero-order valence-electron chi connectivity index (χ0n) is 14.9.